The molecule has 4 heterocycles. The molecule has 7 rings (SSSR count). The van der Waals surface area contributed by atoms with Gasteiger partial charge < -0.3 is 19.7 Å². The first-order valence-electron chi connectivity index (χ1n) is 16.4. The molecule has 12 heteroatoms. The third kappa shape index (κ3) is 5.78. The maximum atomic E-state index is 17.0. The van der Waals surface area contributed by atoms with E-state index < -0.39 is 23.3 Å². The van der Waals surface area contributed by atoms with Crippen molar-refractivity contribution >= 4 is 23.6 Å². The number of aromatic nitrogens is 2. The van der Waals surface area contributed by atoms with Crippen LogP contribution in [0.25, 0.3) is 6.08 Å². The molecular weight excluding hydrogens is 614 g/mol. The summed E-state index contributed by atoms with van der Waals surface area (Å²) in [7, 11) is 0. The molecule has 5 atom stereocenters. The summed E-state index contributed by atoms with van der Waals surface area (Å²) in [4.78, 5) is 26.3. The van der Waals surface area contributed by atoms with Crippen LogP contribution in [0.1, 0.15) is 72.8 Å². The quantitative estimate of drug-likeness (QED) is 0.432. The molecular formula is C34H39ClF2N6O3. The Balaban J connectivity index is 1.20. The van der Waals surface area contributed by atoms with Gasteiger partial charge in [0.15, 0.2) is 12.0 Å². The highest BCUT2D eigenvalue weighted by molar-refractivity contribution is 6.31. The van der Waals surface area contributed by atoms with Crippen LogP contribution in [0.3, 0.4) is 0 Å². The first-order valence-corrected chi connectivity index (χ1v) is 16.8. The van der Waals surface area contributed by atoms with Crippen molar-refractivity contribution < 1.29 is 23.0 Å². The van der Waals surface area contributed by atoms with Gasteiger partial charge in [-0.05, 0) is 68.7 Å². The summed E-state index contributed by atoms with van der Waals surface area (Å²) in [5.74, 6) is -1.76. The number of alkyl halides is 1. The molecule has 1 aromatic carbocycles. The number of ether oxygens (including phenoxy) is 2. The van der Waals surface area contributed by atoms with Crippen LogP contribution in [-0.2, 0) is 27.8 Å². The van der Waals surface area contributed by atoms with Gasteiger partial charge in [-0.1, -0.05) is 23.7 Å². The van der Waals surface area contributed by atoms with Gasteiger partial charge in [0.1, 0.15) is 6.61 Å². The summed E-state index contributed by atoms with van der Waals surface area (Å²) in [6.07, 6.45) is 5.02. The summed E-state index contributed by atoms with van der Waals surface area (Å²) in [5.41, 5.74) is 1.94. The fraction of sp³-hybridized carbons (Fsp3) is 0.588. The Kier molecular flexibility index (Phi) is 8.98. The molecule has 2 aromatic rings. The number of rotatable bonds is 7. The molecule has 46 heavy (non-hydrogen) atoms. The Morgan fingerprint density at radius 3 is 2.89 bits per heavy atom. The normalized spacial score (nSPS) is 29.5. The van der Waals surface area contributed by atoms with Crippen LogP contribution in [0.5, 0.6) is 6.01 Å². The molecule has 1 spiro atoms. The standard InChI is InChI=1S/C34H39ClF2N6O3/c35-27-5-1-4-26-24(27)6-10-34(26)11-7-25-29(17-28(36)32(44)42-15-13-39-21(18-42)8-12-38)40-33(41-30(25)31(34)37)46-20-22-3-2-14-43(22)23-9-16-45-19-23/h1,4-5,17,21-23,31,39H,2-3,6-11,13-16,18-20H2/t21-,22?,23?,31-,34+/m0/s1. The molecule has 9 nitrogen and oxygen atoms in total. The molecule has 3 aliphatic heterocycles. The van der Waals surface area contributed by atoms with Crippen LogP contribution < -0.4 is 10.1 Å². The number of amides is 1. The topological polar surface area (TPSA) is 104 Å². The first-order chi connectivity index (χ1) is 22.4. The van der Waals surface area contributed by atoms with Gasteiger partial charge in [-0.3, -0.25) is 9.69 Å². The zero-order valence-electron chi connectivity index (χ0n) is 25.8. The number of piperazine rings is 1. The van der Waals surface area contributed by atoms with E-state index in [1.165, 1.54) is 4.90 Å². The number of carbonyl (C=O) groups excluding carboxylic acids is 1. The maximum absolute atomic E-state index is 17.0. The number of benzene rings is 1. The van der Waals surface area contributed by atoms with Crippen molar-refractivity contribution in [2.45, 2.75) is 81.1 Å². The van der Waals surface area contributed by atoms with Crippen molar-refractivity contribution in [3.05, 3.63) is 57.1 Å². The van der Waals surface area contributed by atoms with Crippen molar-refractivity contribution in [3.8, 4) is 12.1 Å². The summed E-state index contributed by atoms with van der Waals surface area (Å²) < 4.78 is 44.5. The van der Waals surface area contributed by atoms with E-state index in [0.717, 1.165) is 49.6 Å². The van der Waals surface area contributed by atoms with Crippen molar-refractivity contribution in [3.63, 3.8) is 0 Å². The molecule has 2 unspecified atom stereocenters. The van der Waals surface area contributed by atoms with Crippen LogP contribution in [0.2, 0.25) is 5.02 Å². The van der Waals surface area contributed by atoms with Crippen LogP contribution in [0.4, 0.5) is 8.78 Å². The number of carbonyl (C=O) groups is 1. The highest BCUT2D eigenvalue weighted by atomic mass is 35.5. The molecule has 0 bridgehead atoms. The molecule has 1 aromatic heterocycles. The lowest BCUT2D eigenvalue weighted by Gasteiger charge is -2.39. The van der Waals surface area contributed by atoms with Gasteiger partial charge in [0.05, 0.1) is 30.5 Å². The van der Waals surface area contributed by atoms with Gasteiger partial charge in [0, 0.05) is 66.4 Å². The monoisotopic (exact) mass is 652 g/mol. The fourth-order valence-corrected chi connectivity index (χ4v) is 8.50. The van der Waals surface area contributed by atoms with E-state index in [1.807, 2.05) is 18.2 Å². The lowest BCUT2D eigenvalue weighted by Crippen LogP contribution is -2.52. The summed E-state index contributed by atoms with van der Waals surface area (Å²) in [6, 6.07) is 8.01. The second kappa shape index (κ2) is 13.1. The highest BCUT2D eigenvalue weighted by Crippen LogP contribution is 2.56. The van der Waals surface area contributed by atoms with Gasteiger partial charge in [-0.25, -0.2) is 8.78 Å². The smallest absolute Gasteiger partial charge is 0.317 e. The minimum atomic E-state index is -1.48. The number of nitrogens with one attached hydrogen (secondary N) is 1. The Morgan fingerprint density at radius 1 is 1.24 bits per heavy atom. The van der Waals surface area contributed by atoms with Crippen molar-refractivity contribution in [2.24, 2.45) is 0 Å². The average Bonchev–Trinajstić information content (AvgIpc) is 3.83. The van der Waals surface area contributed by atoms with E-state index in [1.54, 1.807) is 0 Å². The van der Waals surface area contributed by atoms with E-state index in [9.17, 15) is 4.79 Å². The van der Waals surface area contributed by atoms with E-state index in [2.05, 4.69) is 26.3 Å². The second-order valence-electron chi connectivity index (χ2n) is 13.2. The highest BCUT2D eigenvalue weighted by Gasteiger charge is 2.51. The van der Waals surface area contributed by atoms with Crippen LogP contribution in [0.15, 0.2) is 24.0 Å². The third-order valence-corrected chi connectivity index (χ3v) is 11.0. The Hall–Kier alpha value is -3.17. The first kappa shape index (κ1) is 31.4. The summed E-state index contributed by atoms with van der Waals surface area (Å²) in [5, 5.41) is 12.9. The largest absolute Gasteiger partial charge is 0.462 e. The predicted octanol–water partition coefficient (Wildman–Crippen LogP) is 4.63. The number of likely N-dealkylation sites (tertiary alicyclic amines) is 1. The molecule has 5 aliphatic rings. The lowest BCUT2D eigenvalue weighted by molar-refractivity contribution is -0.129. The molecule has 3 saturated heterocycles. The number of hydrogen-bond donors (Lipinski definition) is 1. The van der Waals surface area contributed by atoms with Crippen LogP contribution >= 0.6 is 11.6 Å². The summed E-state index contributed by atoms with van der Waals surface area (Å²) >= 11 is 6.53. The van der Waals surface area contributed by atoms with Gasteiger partial charge in [-0.2, -0.15) is 15.2 Å². The maximum Gasteiger partial charge on any atom is 0.317 e. The number of hydrogen-bond acceptors (Lipinski definition) is 8. The van der Waals surface area contributed by atoms with Crippen molar-refractivity contribution in [1.29, 1.82) is 5.26 Å². The zero-order valence-corrected chi connectivity index (χ0v) is 26.6. The van der Waals surface area contributed by atoms with Gasteiger partial charge in [0.2, 0.25) is 0 Å². The van der Waals surface area contributed by atoms with E-state index in [4.69, 9.17) is 26.3 Å². The van der Waals surface area contributed by atoms with E-state index >= 15 is 8.78 Å². The molecule has 1 amide bonds. The van der Waals surface area contributed by atoms with E-state index in [0.29, 0.717) is 68.6 Å². The third-order valence-electron chi connectivity index (χ3n) is 10.6. The van der Waals surface area contributed by atoms with Gasteiger partial charge >= 0.3 is 6.01 Å². The fourth-order valence-electron chi connectivity index (χ4n) is 8.23. The van der Waals surface area contributed by atoms with Gasteiger partial charge in [-0.15, -0.1) is 0 Å². The van der Waals surface area contributed by atoms with Crippen molar-refractivity contribution in [2.75, 3.05) is 46.0 Å². The number of nitriles is 1. The SMILES string of the molecule is N#CC[C@H]1CN(C(=O)C(F)=Cc2nc(OCC3CCCN3C3CCOC3)nc3c2CC[C@@]2(CCc4c(Cl)cccc42)[C@H]3F)CCN1. The lowest BCUT2D eigenvalue weighted by atomic mass is 9.68. The summed E-state index contributed by atoms with van der Waals surface area (Å²) in [6.45, 7) is 3.76. The minimum absolute atomic E-state index is 0.0138. The Morgan fingerprint density at radius 2 is 2.09 bits per heavy atom. The Bertz CT molecular complexity index is 1560. The molecule has 0 saturated carbocycles. The van der Waals surface area contributed by atoms with E-state index in [-0.39, 0.29) is 42.4 Å². The zero-order chi connectivity index (χ0) is 31.8. The van der Waals surface area contributed by atoms with Crippen molar-refractivity contribution in [1.82, 2.24) is 25.1 Å². The average molecular weight is 653 g/mol. The molecule has 1 N–H and O–H groups in total. The van der Waals surface area contributed by atoms with Crippen LogP contribution in [-0.4, -0.2) is 89.8 Å². The Labute approximate surface area is 272 Å². The molecule has 0 radical (unpaired) electrons. The van der Waals surface area contributed by atoms with Crippen LogP contribution in [0, 0.1) is 11.3 Å². The second-order valence-corrected chi connectivity index (χ2v) is 13.6. The number of fused-ring (bicyclic) bond motifs is 3. The minimum Gasteiger partial charge on any atom is -0.462 e. The number of nitrogens with zero attached hydrogens (tertiary/aromatic N) is 5. The molecule has 3 fully saturated rings. The molecule has 244 valence electrons. The van der Waals surface area contributed by atoms with Gasteiger partial charge in [0.25, 0.3) is 5.91 Å². The predicted molar refractivity (Wildman–Crippen MR) is 168 cm³/mol. The molecule has 2 aliphatic carbocycles. The number of halogens is 3.